The highest BCUT2D eigenvalue weighted by Gasteiger charge is 2.22. The smallest absolute Gasteiger partial charge is 0.357 e. The average molecular weight is 355 g/mol. The van der Waals surface area contributed by atoms with Crippen molar-refractivity contribution in [3.05, 3.63) is 89.6 Å². The Morgan fingerprint density at radius 2 is 1.56 bits per heavy atom. The maximum atomic E-state index is 13.2. The molecule has 0 radical (unpaired) electrons. The Morgan fingerprint density at radius 1 is 0.852 bits per heavy atom. The van der Waals surface area contributed by atoms with Gasteiger partial charge in [0.05, 0.1) is 17.7 Å². The van der Waals surface area contributed by atoms with E-state index < -0.39 is 5.97 Å². The lowest BCUT2D eigenvalue weighted by atomic mass is 9.97. The summed E-state index contributed by atoms with van der Waals surface area (Å²) in [7, 11) is 0. The van der Waals surface area contributed by atoms with Gasteiger partial charge in [0, 0.05) is 10.9 Å². The van der Waals surface area contributed by atoms with Gasteiger partial charge in [-0.15, -0.1) is 0 Å². The zero-order chi connectivity index (χ0) is 18.8. The first-order valence-electron chi connectivity index (χ1n) is 8.78. The Bertz CT molecular complexity index is 1180. The van der Waals surface area contributed by atoms with Crippen LogP contribution in [0, 0.1) is 0 Å². The summed E-state index contributed by atoms with van der Waals surface area (Å²) < 4.78 is 5.12. The minimum Gasteiger partial charge on any atom is -0.461 e. The van der Waals surface area contributed by atoms with Crippen LogP contribution in [0.25, 0.3) is 21.7 Å². The van der Waals surface area contributed by atoms with E-state index in [-0.39, 0.29) is 23.6 Å². The molecule has 0 N–H and O–H groups in total. The second-order valence-electron chi connectivity index (χ2n) is 6.19. The first-order chi connectivity index (χ1) is 13.2. The number of hydrogen-bond acceptors (Lipinski definition) is 4. The molecular formula is C23H17NO3. The van der Waals surface area contributed by atoms with Crippen LogP contribution < -0.4 is 0 Å². The largest absolute Gasteiger partial charge is 0.461 e. The van der Waals surface area contributed by atoms with Gasteiger partial charge in [0.25, 0.3) is 0 Å². The van der Waals surface area contributed by atoms with Crippen molar-refractivity contribution in [2.24, 2.45) is 0 Å². The van der Waals surface area contributed by atoms with Crippen molar-refractivity contribution < 1.29 is 14.3 Å². The van der Waals surface area contributed by atoms with E-state index in [1.165, 1.54) is 0 Å². The van der Waals surface area contributed by atoms with Gasteiger partial charge in [0.15, 0.2) is 11.5 Å². The number of benzene rings is 3. The quantitative estimate of drug-likeness (QED) is 0.390. The fraction of sp³-hybridized carbons (Fsp3) is 0.0870. The Hall–Kier alpha value is -3.53. The molecule has 0 bridgehead atoms. The lowest BCUT2D eigenvalue weighted by molar-refractivity contribution is 0.0517. The molecule has 0 atom stereocenters. The summed E-state index contributed by atoms with van der Waals surface area (Å²) in [5.74, 6) is -0.838. The highest BCUT2D eigenvalue weighted by molar-refractivity contribution is 6.16. The molecule has 1 heterocycles. The number of hydrogen-bond donors (Lipinski definition) is 0. The third-order valence-electron chi connectivity index (χ3n) is 4.45. The van der Waals surface area contributed by atoms with E-state index in [1.807, 2.05) is 60.7 Å². The standard InChI is InChI=1S/C23H17NO3/c1-2-27-23(26)21-19(14-17-9-5-6-10-20(17)24-21)22(25)18-12-11-15-7-3-4-8-16(15)13-18/h3-14H,2H2,1H3. The number of para-hydroxylation sites is 1. The van der Waals surface area contributed by atoms with Crippen molar-refractivity contribution in [1.29, 1.82) is 0 Å². The number of carbonyl (C=O) groups excluding carboxylic acids is 2. The van der Waals surface area contributed by atoms with Gasteiger partial charge >= 0.3 is 5.97 Å². The SMILES string of the molecule is CCOC(=O)c1nc2ccccc2cc1C(=O)c1ccc2ccccc2c1. The maximum Gasteiger partial charge on any atom is 0.357 e. The van der Waals surface area contributed by atoms with Crippen LogP contribution in [0.3, 0.4) is 0 Å². The van der Waals surface area contributed by atoms with Gasteiger partial charge in [-0.2, -0.15) is 0 Å². The van der Waals surface area contributed by atoms with Crippen molar-refractivity contribution in [3.8, 4) is 0 Å². The molecule has 0 saturated heterocycles. The molecule has 4 heteroatoms. The lowest BCUT2D eigenvalue weighted by Crippen LogP contribution is -2.15. The van der Waals surface area contributed by atoms with E-state index >= 15 is 0 Å². The second kappa shape index (κ2) is 7.00. The molecule has 1 aromatic heterocycles. The maximum absolute atomic E-state index is 13.2. The first kappa shape index (κ1) is 16.9. The molecule has 27 heavy (non-hydrogen) atoms. The van der Waals surface area contributed by atoms with Crippen molar-refractivity contribution >= 4 is 33.4 Å². The average Bonchev–Trinajstić information content (AvgIpc) is 2.72. The van der Waals surface area contributed by atoms with Gasteiger partial charge in [0.1, 0.15) is 0 Å². The zero-order valence-electron chi connectivity index (χ0n) is 14.8. The summed E-state index contributed by atoms with van der Waals surface area (Å²) in [4.78, 5) is 30.0. The van der Waals surface area contributed by atoms with Crippen LogP contribution >= 0.6 is 0 Å². The van der Waals surface area contributed by atoms with Gasteiger partial charge in [-0.3, -0.25) is 4.79 Å². The molecule has 4 rings (SSSR count). The molecule has 0 fully saturated rings. The molecule has 0 aliphatic rings. The fourth-order valence-corrected chi connectivity index (χ4v) is 3.13. The van der Waals surface area contributed by atoms with Gasteiger partial charge in [-0.1, -0.05) is 54.6 Å². The van der Waals surface area contributed by atoms with Crippen LogP contribution in [-0.4, -0.2) is 23.3 Å². The Kier molecular flexibility index (Phi) is 4.38. The van der Waals surface area contributed by atoms with Crippen molar-refractivity contribution in [1.82, 2.24) is 4.98 Å². The topological polar surface area (TPSA) is 56.3 Å². The number of pyridine rings is 1. The van der Waals surface area contributed by atoms with Crippen LogP contribution in [-0.2, 0) is 4.74 Å². The van der Waals surface area contributed by atoms with E-state index in [4.69, 9.17) is 4.74 Å². The third-order valence-corrected chi connectivity index (χ3v) is 4.45. The molecule has 0 unspecified atom stereocenters. The van der Waals surface area contributed by atoms with Gasteiger partial charge in [-0.05, 0) is 35.9 Å². The molecule has 4 nitrogen and oxygen atoms in total. The molecule has 0 spiro atoms. The first-order valence-corrected chi connectivity index (χ1v) is 8.78. The number of aromatic nitrogens is 1. The highest BCUT2D eigenvalue weighted by Crippen LogP contribution is 2.23. The number of fused-ring (bicyclic) bond motifs is 2. The highest BCUT2D eigenvalue weighted by atomic mass is 16.5. The molecule has 0 aliphatic heterocycles. The van der Waals surface area contributed by atoms with Crippen LogP contribution in [0.5, 0.6) is 0 Å². The third kappa shape index (κ3) is 3.17. The number of rotatable bonds is 4. The second-order valence-corrected chi connectivity index (χ2v) is 6.19. The summed E-state index contributed by atoms with van der Waals surface area (Å²) in [6.45, 7) is 1.95. The van der Waals surface area contributed by atoms with E-state index in [9.17, 15) is 9.59 Å². The van der Waals surface area contributed by atoms with E-state index in [0.29, 0.717) is 11.1 Å². The minimum atomic E-state index is -0.590. The van der Waals surface area contributed by atoms with Gasteiger partial charge < -0.3 is 4.74 Å². The molecule has 0 saturated carbocycles. The zero-order valence-corrected chi connectivity index (χ0v) is 14.8. The Balaban J connectivity index is 1.88. The molecule has 0 aliphatic carbocycles. The monoisotopic (exact) mass is 355 g/mol. The fourth-order valence-electron chi connectivity index (χ4n) is 3.13. The summed E-state index contributed by atoms with van der Waals surface area (Å²) in [6, 6.07) is 22.4. The summed E-state index contributed by atoms with van der Waals surface area (Å²) in [5.41, 5.74) is 1.46. The summed E-state index contributed by atoms with van der Waals surface area (Å²) >= 11 is 0. The predicted molar refractivity (Wildman–Crippen MR) is 105 cm³/mol. The lowest BCUT2D eigenvalue weighted by Gasteiger charge is -2.10. The van der Waals surface area contributed by atoms with Crippen molar-refractivity contribution in [2.45, 2.75) is 6.92 Å². The normalized spacial score (nSPS) is 10.9. The van der Waals surface area contributed by atoms with Crippen LogP contribution in [0.2, 0.25) is 0 Å². The number of carbonyl (C=O) groups is 2. The van der Waals surface area contributed by atoms with E-state index in [0.717, 1.165) is 16.2 Å². The van der Waals surface area contributed by atoms with Crippen LogP contribution in [0.15, 0.2) is 72.8 Å². The van der Waals surface area contributed by atoms with E-state index in [2.05, 4.69) is 4.98 Å². The molecule has 132 valence electrons. The van der Waals surface area contributed by atoms with Crippen molar-refractivity contribution in [3.63, 3.8) is 0 Å². The molecular weight excluding hydrogens is 338 g/mol. The minimum absolute atomic E-state index is 0.0497. The molecule has 4 aromatic rings. The predicted octanol–water partition coefficient (Wildman–Crippen LogP) is 4.80. The molecule has 0 amide bonds. The molecule has 3 aromatic carbocycles. The summed E-state index contributed by atoms with van der Waals surface area (Å²) in [6.07, 6.45) is 0. The Labute approximate surface area is 156 Å². The van der Waals surface area contributed by atoms with Gasteiger partial charge in [0.2, 0.25) is 0 Å². The summed E-state index contributed by atoms with van der Waals surface area (Å²) in [5, 5.41) is 2.82. The van der Waals surface area contributed by atoms with Crippen LogP contribution in [0.4, 0.5) is 0 Å². The number of ether oxygens (including phenoxy) is 1. The van der Waals surface area contributed by atoms with E-state index in [1.54, 1.807) is 19.1 Å². The number of nitrogens with zero attached hydrogens (tertiary/aromatic N) is 1. The Morgan fingerprint density at radius 3 is 2.33 bits per heavy atom. The number of ketones is 1. The van der Waals surface area contributed by atoms with Crippen LogP contribution in [0.1, 0.15) is 33.3 Å². The van der Waals surface area contributed by atoms with Gasteiger partial charge in [-0.25, -0.2) is 9.78 Å². The number of esters is 1. The van der Waals surface area contributed by atoms with Crippen molar-refractivity contribution in [2.75, 3.05) is 6.61 Å².